The molecule has 1 aliphatic rings. The number of thioether (sulfide) groups is 1. The van der Waals surface area contributed by atoms with Gasteiger partial charge in [-0.25, -0.2) is 0 Å². The second kappa shape index (κ2) is 9.04. The van der Waals surface area contributed by atoms with Crippen LogP contribution in [0.3, 0.4) is 0 Å². The molecule has 1 fully saturated rings. The molecule has 1 amide bonds. The van der Waals surface area contributed by atoms with Crippen molar-refractivity contribution in [2.45, 2.75) is 44.4 Å². The van der Waals surface area contributed by atoms with Gasteiger partial charge >= 0.3 is 0 Å². The van der Waals surface area contributed by atoms with E-state index in [1.165, 1.54) is 31.2 Å². The Bertz CT molecular complexity index is 672. The maximum atomic E-state index is 12.9. The highest BCUT2D eigenvalue weighted by Gasteiger charge is 2.31. The van der Waals surface area contributed by atoms with E-state index in [9.17, 15) is 4.79 Å². The van der Waals surface area contributed by atoms with Gasteiger partial charge in [-0.15, -0.1) is 11.8 Å². The third-order valence-corrected chi connectivity index (χ3v) is 5.90. The van der Waals surface area contributed by atoms with Crippen LogP contribution in [0.2, 0.25) is 0 Å². The molecule has 2 aromatic rings. The van der Waals surface area contributed by atoms with Crippen LogP contribution in [0.15, 0.2) is 48.8 Å². The first-order valence-corrected chi connectivity index (χ1v) is 10.3. The van der Waals surface area contributed by atoms with Crippen LogP contribution in [-0.4, -0.2) is 28.1 Å². The minimum Gasteiger partial charge on any atom is -0.322 e. The van der Waals surface area contributed by atoms with Crippen LogP contribution < -0.4 is 0 Å². The number of carbonyl (C=O) groups is 1. The van der Waals surface area contributed by atoms with Gasteiger partial charge in [0.1, 0.15) is 5.37 Å². The number of aryl methyl sites for hydroxylation is 1. The highest BCUT2D eigenvalue weighted by atomic mass is 32.2. The number of aromatic nitrogens is 1. The summed E-state index contributed by atoms with van der Waals surface area (Å²) in [5, 5.41) is 0.0786. The van der Waals surface area contributed by atoms with Gasteiger partial charge in [-0.05, 0) is 36.6 Å². The normalized spacial score (nSPS) is 17.0. The fraction of sp³-hybridized carbons (Fsp3) is 0.429. The molecule has 0 N–H and O–H groups in total. The second-order valence-electron chi connectivity index (χ2n) is 6.52. The van der Waals surface area contributed by atoms with E-state index < -0.39 is 0 Å². The smallest absolute Gasteiger partial charge is 0.255 e. The molecular weight excluding hydrogens is 328 g/mol. The Morgan fingerprint density at radius 1 is 1.20 bits per heavy atom. The average molecular weight is 355 g/mol. The Morgan fingerprint density at radius 3 is 2.76 bits per heavy atom. The molecule has 0 unspecified atom stereocenters. The fourth-order valence-corrected chi connectivity index (χ4v) is 4.45. The first-order chi connectivity index (χ1) is 12.3. The van der Waals surface area contributed by atoms with Crippen molar-refractivity contribution in [2.75, 3.05) is 12.3 Å². The number of hydrogen-bond donors (Lipinski definition) is 0. The number of nitrogens with zero attached hydrogens (tertiary/aromatic N) is 2. The van der Waals surface area contributed by atoms with Gasteiger partial charge in [0.25, 0.3) is 5.91 Å². The first-order valence-electron chi connectivity index (χ1n) is 9.21. The quantitative estimate of drug-likeness (QED) is 0.649. The summed E-state index contributed by atoms with van der Waals surface area (Å²) < 4.78 is 0. The zero-order valence-electron chi connectivity index (χ0n) is 14.9. The van der Waals surface area contributed by atoms with Crippen LogP contribution in [0.25, 0.3) is 0 Å². The summed E-state index contributed by atoms with van der Waals surface area (Å²) in [5.41, 5.74) is 3.21. The van der Waals surface area contributed by atoms with E-state index in [4.69, 9.17) is 0 Å². The highest BCUT2D eigenvalue weighted by Crippen LogP contribution is 2.38. The SMILES string of the molecule is CCCCCCc1ccc(C(=O)N2CCS[C@H]2c2cccnc2)cc1. The fourth-order valence-electron chi connectivity index (χ4n) is 3.21. The third-order valence-electron chi connectivity index (χ3n) is 4.64. The lowest BCUT2D eigenvalue weighted by atomic mass is 10.0. The molecule has 1 saturated heterocycles. The summed E-state index contributed by atoms with van der Waals surface area (Å²) in [4.78, 5) is 19.1. The molecule has 0 radical (unpaired) electrons. The molecule has 0 spiro atoms. The monoisotopic (exact) mass is 354 g/mol. The van der Waals surface area contributed by atoms with Crippen molar-refractivity contribution in [1.82, 2.24) is 9.88 Å². The van der Waals surface area contributed by atoms with Crippen molar-refractivity contribution in [3.63, 3.8) is 0 Å². The average Bonchev–Trinajstić information content (AvgIpc) is 3.16. The van der Waals surface area contributed by atoms with Gasteiger partial charge in [0.15, 0.2) is 0 Å². The highest BCUT2D eigenvalue weighted by molar-refractivity contribution is 7.99. The number of amides is 1. The molecule has 1 atom stereocenters. The summed E-state index contributed by atoms with van der Waals surface area (Å²) in [6.07, 6.45) is 9.82. The van der Waals surface area contributed by atoms with Crippen LogP contribution >= 0.6 is 11.8 Å². The van der Waals surface area contributed by atoms with Gasteiger partial charge in [-0.1, -0.05) is 44.4 Å². The van der Waals surface area contributed by atoms with E-state index in [1.807, 2.05) is 41.1 Å². The van der Waals surface area contributed by atoms with Gasteiger partial charge in [0.2, 0.25) is 0 Å². The molecule has 0 bridgehead atoms. The summed E-state index contributed by atoms with van der Waals surface area (Å²) in [6.45, 7) is 3.03. The van der Waals surface area contributed by atoms with Crippen molar-refractivity contribution < 1.29 is 4.79 Å². The number of pyridine rings is 1. The maximum Gasteiger partial charge on any atom is 0.255 e. The predicted molar refractivity (Wildman–Crippen MR) is 105 cm³/mol. The maximum absolute atomic E-state index is 12.9. The van der Waals surface area contributed by atoms with Gasteiger partial charge in [0, 0.05) is 35.8 Å². The molecule has 3 nitrogen and oxygen atoms in total. The lowest BCUT2D eigenvalue weighted by Crippen LogP contribution is -2.30. The zero-order valence-corrected chi connectivity index (χ0v) is 15.7. The van der Waals surface area contributed by atoms with Crippen molar-refractivity contribution in [3.05, 3.63) is 65.5 Å². The number of carbonyl (C=O) groups excluding carboxylic acids is 1. The molecule has 25 heavy (non-hydrogen) atoms. The Hall–Kier alpha value is -1.81. The van der Waals surface area contributed by atoms with E-state index in [-0.39, 0.29) is 11.3 Å². The van der Waals surface area contributed by atoms with E-state index in [0.29, 0.717) is 0 Å². The van der Waals surface area contributed by atoms with Crippen LogP contribution in [0, 0.1) is 0 Å². The number of unbranched alkanes of at least 4 members (excludes halogenated alkanes) is 3. The van der Waals surface area contributed by atoms with Crippen LogP contribution in [0.1, 0.15) is 59.5 Å². The minimum absolute atomic E-state index is 0.0786. The van der Waals surface area contributed by atoms with Gasteiger partial charge in [-0.2, -0.15) is 0 Å². The second-order valence-corrected chi connectivity index (χ2v) is 7.70. The van der Waals surface area contributed by atoms with Crippen LogP contribution in [-0.2, 0) is 6.42 Å². The van der Waals surface area contributed by atoms with E-state index in [1.54, 1.807) is 6.20 Å². The lowest BCUT2D eigenvalue weighted by Gasteiger charge is -2.24. The summed E-state index contributed by atoms with van der Waals surface area (Å²) >= 11 is 1.81. The molecular formula is C21H26N2OS. The summed E-state index contributed by atoms with van der Waals surface area (Å²) in [6, 6.07) is 12.2. The Labute approximate surface area is 154 Å². The van der Waals surface area contributed by atoms with E-state index >= 15 is 0 Å². The van der Waals surface area contributed by atoms with Crippen molar-refractivity contribution >= 4 is 17.7 Å². The van der Waals surface area contributed by atoms with Crippen molar-refractivity contribution in [1.29, 1.82) is 0 Å². The van der Waals surface area contributed by atoms with Crippen LogP contribution in [0.4, 0.5) is 0 Å². The van der Waals surface area contributed by atoms with E-state index in [0.717, 1.165) is 29.8 Å². The number of hydrogen-bond acceptors (Lipinski definition) is 3. The molecule has 0 saturated carbocycles. The largest absolute Gasteiger partial charge is 0.322 e. The molecule has 3 rings (SSSR count). The molecule has 132 valence electrons. The zero-order chi connectivity index (χ0) is 17.5. The Balaban J connectivity index is 1.64. The van der Waals surface area contributed by atoms with Crippen molar-refractivity contribution in [2.24, 2.45) is 0 Å². The lowest BCUT2D eigenvalue weighted by molar-refractivity contribution is 0.0760. The number of rotatable bonds is 7. The van der Waals surface area contributed by atoms with Gasteiger partial charge in [-0.3, -0.25) is 9.78 Å². The first kappa shape index (κ1) is 18.0. The third kappa shape index (κ3) is 4.63. The molecule has 2 heterocycles. The summed E-state index contributed by atoms with van der Waals surface area (Å²) in [7, 11) is 0. The molecule has 4 heteroatoms. The molecule has 1 aromatic carbocycles. The topological polar surface area (TPSA) is 33.2 Å². The Morgan fingerprint density at radius 2 is 2.04 bits per heavy atom. The van der Waals surface area contributed by atoms with Gasteiger partial charge in [0.05, 0.1) is 0 Å². The minimum atomic E-state index is 0.0786. The van der Waals surface area contributed by atoms with Gasteiger partial charge < -0.3 is 4.90 Å². The van der Waals surface area contributed by atoms with Crippen molar-refractivity contribution in [3.8, 4) is 0 Å². The molecule has 1 aromatic heterocycles. The van der Waals surface area contributed by atoms with E-state index in [2.05, 4.69) is 30.1 Å². The molecule has 0 aliphatic carbocycles. The Kier molecular flexibility index (Phi) is 6.51. The van der Waals surface area contributed by atoms with Crippen LogP contribution in [0.5, 0.6) is 0 Å². The molecule has 1 aliphatic heterocycles. The summed E-state index contributed by atoms with van der Waals surface area (Å²) in [5.74, 6) is 1.09. The predicted octanol–water partition coefficient (Wildman–Crippen LogP) is 5.09. The standard InChI is InChI=1S/C21H26N2OS/c1-2-3-4-5-7-17-9-11-18(12-10-17)20(24)23-14-15-25-21(23)19-8-6-13-22-16-19/h6,8-13,16,21H,2-5,7,14-15H2,1H3/t21-/m0/s1. The number of benzene rings is 1.